The Morgan fingerprint density at radius 1 is 1.35 bits per heavy atom. The van der Waals surface area contributed by atoms with Gasteiger partial charge < -0.3 is 5.32 Å². The molecule has 0 aliphatic heterocycles. The highest BCUT2D eigenvalue weighted by Gasteiger charge is 2.67. The molecular weight excluding hydrogens is 287 g/mol. The summed E-state index contributed by atoms with van der Waals surface area (Å²) in [6.45, 7) is 3.60. The third kappa shape index (κ3) is 3.47. The number of halogens is 2. The number of sulfonamides is 1. The Morgan fingerprint density at radius 2 is 1.88 bits per heavy atom. The van der Waals surface area contributed by atoms with Crippen molar-refractivity contribution < 1.29 is 13.2 Å². The molecule has 0 radical (unpaired) electrons. The van der Waals surface area contributed by atoms with E-state index in [0.717, 1.165) is 0 Å². The lowest BCUT2D eigenvalue weighted by Gasteiger charge is -2.12. The quantitative estimate of drug-likeness (QED) is 0.558. The van der Waals surface area contributed by atoms with E-state index < -0.39 is 19.8 Å². The summed E-state index contributed by atoms with van der Waals surface area (Å²) in [5.41, 5.74) is -0.764. The zero-order valence-corrected chi connectivity index (χ0v) is 12.0. The van der Waals surface area contributed by atoms with Crippen molar-refractivity contribution in [1.29, 1.82) is 0 Å². The van der Waals surface area contributed by atoms with Crippen LogP contribution in [0.15, 0.2) is 0 Å². The van der Waals surface area contributed by atoms with E-state index in [1.165, 1.54) is 0 Å². The third-order valence-electron chi connectivity index (χ3n) is 2.87. The monoisotopic (exact) mass is 302 g/mol. The normalized spacial score (nSPS) is 26.6. The van der Waals surface area contributed by atoms with Crippen molar-refractivity contribution in [1.82, 2.24) is 10.0 Å². The van der Waals surface area contributed by atoms with Crippen LogP contribution in [0.4, 0.5) is 0 Å². The summed E-state index contributed by atoms with van der Waals surface area (Å²) in [4.78, 5) is 11.7. The summed E-state index contributed by atoms with van der Waals surface area (Å²) >= 11 is 11.7. The third-order valence-corrected chi connectivity index (χ3v) is 5.38. The van der Waals surface area contributed by atoms with Crippen LogP contribution in [0, 0.1) is 5.41 Å². The first-order valence-corrected chi connectivity index (χ1v) is 7.69. The molecule has 1 aliphatic carbocycles. The first kappa shape index (κ1) is 15.0. The van der Waals surface area contributed by atoms with Crippen molar-refractivity contribution in [2.45, 2.75) is 24.6 Å². The van der Waals surface area contributed by atoms with E-state index >= 15 is 0 Å². The largest absolute Gasteiger partial charge is 0.354 e. The van der Waals surface area contributed by atoms with Crippen molar-refractivity contribution in [3.63, 3.8) is 0 Å². The molecule has 8 heteroatoms. The molecule has 1 fully saturated rings. The van der Waals surface area contributed by atoms with Gasteiger partial charge in [0.2, 0.25) is 15.9 Å². The molecule has 17 heavy (non-hydrogen) atoms. The minimum Gasteiger partial charge on any atom is -0.354 e. The standard InChI is InChI=1S/C9H16Cl2N2O3S/c1-3-17(15,16)13-5-4-12-7(14)8(2)6-9(8,10)11/h13H,3-6H2,1-2H3,(H,12,14). The Bertz CT molecular complexity index is 410. The average molecular weight is 303 g/mol. The van der Waals surface area contributed by atoms with Crippen molar-refractivity contribution >= 4 is 39.1 Å². The van der Waals surface area contributed by atoms with Crippen LogP contribution < -0.4 is 10.0 Å². The fourth-order valence-electron chi connectivity index (χ4n) is 1.33. The first-order valence-electron chi connectivity index (χ1n) is 5.28. The predicted octanol–water partition coefficient (Wildman–Crippen LogP) is 0.626. The molecule has 2 N–H and O–H groups in total. The summed E-state index contributed by atoms with van der Waals surface area (Å²) in [5.74, 6) is -0.233. The highest BCUT2D eigenvalue weighted by Crippen LogP contribution is 2.63. The van der Waals surface area contributed by atoms with Crippen molar-refractivity contribution in [2.75, 3.05) is 18.8 Å². The number of carbonyl (C=O) groups excluding carboxylic acids is 1. The van der Waals surface area contributed by atoms with E-state index in [0.29, 0.717) is 6.42 Å². The van der Waals surface area contributed by atoms with Gasteiger partial charge in [-0.05, 0) is 20.3 Å². The lowest BCUT2D eigenvalue weighted by atomic mass is 10.1. The maximum atomic E-state index is 11.7. The molecule has 0 saturated heterocycles. The molecule has 0 heterocycles. The van der Waals surface area contributed by atoms with Gasteiger partial charge in [0.1, 0.15) is 4.33 Å². The van der Waals surface area contributed by atoms with E-state index in [4.69, 9.17) is 23.2 Å². The number of hydrogen-bond donors (Lipinski definition) is 2. The van der Waals surface area contributed by atoms with Crippen molar-refractivity contribution in [3.8, 4) is 0 Å². The highest BCUT2D eigenvalue weighted by molar-refractivity contribution is 7.89. The van der Waals surface area contributed by atoms with E-state index in [1.54, 1.807) is 13.8 Å². The molecule has 1 unspecified atom stereocenters. The van der Waals surface area contributed by atoms with Crippen LogP contribution in [0.25, 0.3) is 0 Å². The molecule has 100 valence electrons. The summed E-state index contributed by atoms with van der Waals surface area (Å²) in [6, 6.07) is 0. The molecule has 0 aromatic carbocycles. The molecule has 5 nitrogen and oxygen atoms in total. The second kappa shape index (κ2) is 4.91. The fraction of sp³-hybridized carbons (Fsp3) is 0.889. The molecule has 1 amide bonds. The van der Waals surface area contributed by atoms with Gasteiger partial charge in [-0.1, -0.05) is 0 Å². The van der Waals surface area contributed by atoms with Crippen molar-refractivity contribution in [3.05, 3.63) is 0 Å². The Labute approximate surface area is 111 Å². The van der Waals surface area contributed by atoms with E-state index in [1.807, 2.05) is 0 Å². The number of carbonyl (C=O) groups is 1. The summed E-state index contributed by atoms with van der Waals surface area (Å²) in [7, 11) is -3.21. The van der Waals surface area contributed by atoms with Crippen LogP contribution >= 0.6 is 23.2 Å². The molecular formula is C9H16Cl2N2O3S. The van der Waals surface area contributed by atoms with Gasteiger partial charge in [-0.25, -0.2) is 13.1 Å². The topological polar surface area (TPSA) is 75.3 Å². The Hall–Kier alpha value is -0.0400. The van der Waals surface area contributed by atoms with Crippen LogP contribution in [0.5, 0.6) is 0 Å². The molecule has 0 bridgehead atoms. The van der Waals surface area contributed by atoms with E-state index in [2.05, 4.69) is 10.0 Å². The lowest BCUT2D eigenvalue weighted by molar-refractivity contribution is -0.125. The van der Waals surface area contributed by atoms with Crippen LogP contribution in [0.1, 0.15) is 20.3 Å². The first-order chi connectivity index (χ1) is 7.65. The van der Waals surface area contributed by atoms with Gasteiger partial charge in [-0.2, -0.15) is 0 Å². The molecule has 0 spiro atoms. The summed E-state index contributed by atoms with van der Waals surface area (Å²) in [6.07, 6.45) is 0.412. The highest BCUT2D eigenvalue weighted by atomic mass is 35.5. The van der Waals surface area contributed by atoms with Crippen molar-refractivity contribution in [2.24, 2.45) is 5.41 Å². The van der Waals surface area contributed by atoms with E-state index in [9.17, 15) is 13.2 Å². The van der Waals surface area contributed by atoms with Crippen LogP contribution in [-0.4, -0.2) is 37.5 Å². The zero-order valence-electron chi connectivity index (χ0n) is 9.72. The second-order valence-corrected chi connectivity index (χ2v) is 7.85. The van der Waals surface area contributed by atoms with E-state index in [-0.39, 0.29) is 24.7 Å². The molecule has 1 saturated carbocycles. The Kier molecular flexibility index (Phi) is 4.34. The van der Waals surface area contributed by atoms with Gasteiger partial charge in [0.05, 0.1) is 11.2 Å². The Balaban J connectivity index is 2.28. The van der Waals surface area contributed by atoms with Gasteiger partial charge in [0.25, 0.3) is 0 Å². The van der Waals surface area contributed by atoms with Gasteiger partial charge in [0, 0.05) is 13.1 Å². The predicted molar refractivity (Wildman–Crippen MR) is 67.6 cm³/mol. The lowest BCUT2D eigenvalue weighted by Crippen LogP contribution is -2.39. The van der Waals surface area contributed by atoms with Gasteiger partial charge in [-0.15, -0.1) is 23.2 Å². The van der Waals surface area contributed by atoms with Gasteiger partial charge in [-0.3, -0.25) is 4.79 Å². The number of amides is 1. The molecule has 0 aromatic rings. The minimum absolute atomic E-state index is 0.0190. The number of alkyl halides is 2. The second-order valence-electron chi connectivity index (χ2n) is 4.27. The SMILES string of the molecule is CCS(=O)(=O)NCCNC(=O)C1(C)CC1(Cl)Cl. The molecule has 1 rings (SSSR count). The summed E-state index contributed by atoms with van der Waals surface area (Å²) in [5, 5.41) is 2.60. The fourth-order valence-corrected chi connectivity index (χ4v) is 2.65. The molecule has 0 aromatic heterocycles. The number of rotatable bonds is 6. The number of nitrogens with one attached hydrogen (secondary N) is 2. The Morgan fingerprint density at radius 3 is 2.29 bits per heavy atom. The average Bonchev–Trinajstić information content (AvgIpc) is 2.74. The van der Waals surface area contributed by atoms with Crippen LogP contribution in [0.2, 0.25) is 0 Å². The molecule has 1 aliphatic rings. The van der Waals surface area contributed by atoms with Gasteiger partial charge in [0.15, 0.2) is 0 Å². The maximum Gasteiger partial charge on any atom is 0.229 e. The zero-order chi connectivity index (χ0) is 13.3. The van der Waals surface area contributed by atoms with Gasteiger partial charge >= 0.3 is 0 Å². The van der Waals surface area contributed by atoms with Crippen LogP contribution in [0.3, 0.4) is 0 Å². The van der Waals surface area contributed by atoms with Crippen LogP contribution in [-0.2, 0) is 14.8 Å². The smallest absolute Gasteiger partial charge is 0.229 e. The minimum atomic E-state index is -3.21. The summed E-state index contributed by atoms with van der Waals surface area (Å²) < 4.78 is 23.5. The maximum absolute atomic E-state index is 11.7. The number of hydrogen-bond acceptors (Lipinski definition) is 3. The molecule has 1 atom stereocenters.